The number of alkyl halides is 3. The number of halogens is 3. The van der Waals surface area contributed by atoms with Crippen LogP contribution in [0.5, 0.6) is 0 Å². The van der Waals surface area contributed by atoms with Crippen LogP contribution in [0.3, 0.4) is 0 Å². The Morgan fingerprint density at radius 1 is 1.33 bits per heavy atom. The summed E-state index contributed by atoms with van der Waals surface area (Å²) >= 11 is 0. The van der Waals surface area contributed by atoms with Crippen molar-refractivity contribution in [2.75, 3.05) is 19.6 Å². The fraction of sp³-hybridized carbons (Fsp3) is 0.500. The second-order valence-electron chi connectivity index (χ2n) is 6.54. The van der Waals surface area contributed by atoms with Crippen LogP contribution in [0.2, 0.25) is 0 Å². The van der Waals surface area contributed by atoms with E-state index in [1.165, 1.54) is 12.3 Å². The summed E-state index contributed by atoms with van der Waals surface area (Å²) in [5.41, 5.74) is 0.0773. The lowest BCUT2D eigenvalue weighted by Crippen LogP contribution is -2.47. The van der Waals surface area contributed by atoms with Crippen molar-refractivity contribution in [2.24, 2.45) is 5.92 Å². The van der Waals surface area contributed by atoms with Crippen molar-refractivity contribution in [3.8, 4) is 0 Å². The molecule has 3 atom stereocenters. The molecule has 2 aliphatic rings. The summed E-state index contributed by atoms with van der Waals surface area (Å²) in [6.07, 6.45) is -1.24. The number of fused-ring (bicyclic) bond motifs is 3. The molecule has 2 saturated heterocycles. The maximum atomic E-state index is 12.7. The van der Waals surface area contributed by atoms with E-state index in [9.17, 15) is 18.0 Å². The predicted octanol–water partition coefficient (Wildman–Crippen LogP) is 2.67. The smallest absolute Gasteiger partial charge is 0.449 e. The Bertz CT molecular complexity index is 774. The Morgan fingerprint density at radius 2 is 2.17 bits per heavy atom. The molecule has 2 aliphatic heterocycles. The van der Waals surface area contributed by atoms with Crippen molar-refractivity contribution in [2.45, 2.75) is 25.1 Å². The number of piperidine rings is 1. The van der Waals surface area contributed by atoms with Crippen LogP contribution in [0.1, 0.15) is 29.1 Å². The molecule has 0 saturated carbocycles. The van der Waals surface area contributed by atoms with Crippen LogP contribution in [-0.2, 0) is 6.18 Å². The van der Waals surface area contributed by atoms with E-state index >= 15 is 0 Å². The largest absolute Gasteiger partial charge is 0.451 e. The third kappa shape index (κ3) is 2.86. The highest BCUT2D eigenvalue weighted by Gasteiger charge is 2.36. The molecule has 1 amide bonds. The fourth-order valence-corrected chi connectivity index (χ4v) is 3.62. The van der Waals surface area contributed by atoms with Gasteiger partial charge in [-0.3, -0.25) is 9.78 Å². The Labute approximate surface area is 135 Å². The normalized spacial score (nSPS) is 26.7. The van der Waals surface area contributed by atoms with E-state index in [0.29, 0.717) is 5.92 Å². The molecule has 4 rings (SSSR count). The molecule has 128 valence electrons. The molecule has 0 aromatic carbocycles. The van der Waals surface area contributed by atoms with Crippen LogP contribution in [0, 0.1) is 5.92 Å². The number of pyridine rings is 1. The zero-order valence-electron chi connectivity index (χ0n) is 12.8. The minimum Gasteiger partial charge on any atom is -0.451 e. The average Bonchev–Trinajstić information content (AvgIpc) is 3.09. The molecule has 2 fully saturated rings. The van der Waals surface area contributed by atoms with E-state index in [4.69, 9.17) is 4.42 Å². The highest BCUT2D eigenvalue weighted by atomic mass is 19.4. The Hall–Kier alpha value is -2.09. The summed E-state index contributed by atoms with van der Waals surface area (Å²) in [6, 6.07) is 2.20. The number of carbonyl (C=O) groups is 1. The molecule has 5 nitrogen and oxygen atoms in total. The van der Waals surface area contributed by atoms with Gasteiger partial charge in [-0.15, -0.1) is 0 Å². The molecular weight excluding hydrogens is 323 g/mol. The first-order chi connectivity index (χ1) is 11.4. The Morgan fingerprint density at radius 3 is 2.92 bits per heavy atom. The zero-order valence-corrected chi connectivity index (χ0v) is 12.8. The third-order valence-corrected chi connectivity index (χ3v) is 4.72. The standard InChI is InChI=1S/C16H16F3N3O2/c17-16(18,19)14-4-10-6-20-12(5-13(10)24-14)15(23)21-11-3-9-1-2-22(7-9)8-11/h4-6,9,11H,1-3,7-8H2,(H,21,23)/t9-,11-/m1/s1. The van der Waals surface area contributed by atoms with E-state index in [2.05, 4.69) is 15.2 Å². The number of rotatable bonds is 2. The third-order valence-electron chi connectivity index (χ3n) is 4.72. The minimum atomic E-state index is -4.56. The molecule has 8 heteroatoms. The lowest BCUT2D eigenvalue weighted by atomic mass is 9.97. The van der Waals surface area contributed by atoms with Crippen LogP contribution in [0.25, 0.3) is 11.0 Å². The van der Waals surface area contributed by atoms with E-state index in [-0.39, 0.29) is 28.6 Å². The van der Waals surface area contributed by atoms with Gasteiger partial charge in [-0.2, -0.15) is 13.2 Å². The van der Waals surface area contributed by atoms with Crippen molar-refractivity contribution >= 4 is 16.9 Å². The number of amides is 1. The number of nitrogens with zero attached hydrogens (tertiary/aromatic N) is 2. The van der Waals surface area contributed by atoms with E-state index in [1.54, 1.807) is 0 Å². The highest BCUT2D eigenvalue weighted by Crippen LogP contribution is 2.33. The maximum absolute atomic E-state index is 12.7. The minimum absolute atomic E-state index is 0.00920. The quantitative estimate of drug-likeness (QED) is 0.914. The molecule has 0 radical (unpaired) electrons. The van der Waals surface area contributed by atoms with Crippen LogP contribution < -0.4 is 5.32 Å². The van der Waals surface area contributed by atoms with Gasteiger partial charge in [0.15, 0.2) is 0 Å². The van der Waals surface area contributed by atoms with Crippen molar-refractivity contribution in [1.29, 1.82) is 0 Å². The SMILES string of the molecule is O=C(N[C@@H]1C[C@H]2CCN(C2)C1)c1cc2oc(C(F)(F)F)cc2cn1. The summed E-state index contributed by atoms with van der Waals surface area (Å²) in [4.78, 5) is 18.6. The van der Waals surface area contributed by atoms with Gasteiger partial charge in [0.05, 0.1) is 0 Å². The van der Waals surface area contributed by atoms with Crippen LogP contribution in [0.4, 0.5) is 13.2 Å². The summed E-state index contributed by atoms with van der Waals surface area (Å²) in [7, 11) is 0. The van der Waals surface area contributed by atoms with Crippen molar-refractivity contribution in [1.82, 2.24) is 15.2 Å². The summed E-state index contributed by atoms with van der Waals surface area (Å²) in [5.74, 6) is -0.859. The number of carbonyl (C=O) groups excluding carboxylic acids is 1. The Kier molecular flexibility index (Phi) is 3.52. The van der Waals surface area contributed by atoms with Gasteiger partial charge in [-0.25, -0.2) is 0 Å². The summed E-state index contributed by atoms with van der Waals surface area (Å²) in [5, 5.41) is 3.15. The van der Waals surface area contributed by atoms with Gasteiger partial charge in [0.25, 0.3) is 5.91 Å². The number of nitrogens with one attached hydrogen (secondary N) is 1. The van der Waals surface area contributed by atoms with Crippen LogP contribution in [-0.4, -0.2) is 41.5 Å². The van der Waals surface area contributed by atoms with Crippen molar-refractivity contribution in [3.63, 3.8) is 0 Å². The predicted molar refractivity (Wildman–Crippen MR) is 79.4 cm³/mol. The van der Waals surface area contributed by atoms with Gasteiger partial charge in [0.2, 0.25) is 5.76 Å². The first kappa shape index (κ1) is 15.4. The van der Waals surface area contributed by atoms with Gasteiger partial charge in [-0.05, 0) is 31.4 Å². The lowest BCUT2D eigenvalue weighted by Gasteiger charge is -2.30. The van der Waals surface area contributed by atoms with E-state index < -0.39 is 11.9 Å². The molecule has 1 unspecified atom stereocenters. The lowest BCUT2D eigenvalue weighted by molar-refractivity contribution is -0.152. The maximum Gasteiger partial charge on any atom is 0.449 e. The van der Waals surface area contributed by atoms with Gasteiger partial charge < -0.3 is 14.6 Å². The molecule has 2 bridgehead atoms. The zero-order chi connectivity index (χ0) is 16.9. The van der Waals surface area contributed by atoms with E-state index in [1.807, 2.05) is 0 Å². The van der Waals surface area contributed by atoms with Crippen molar-refractivity contribution < 1.29 is 22.4 Å². The first-order valence-corrected chi connectivity index (χ1v) is 7.88. The van der Waals surface area contributed by atoms with Crippen LogP contribution in [0.15, 0.2) is 22.7 Å². The fourth-order valence-electron chi connectivity index (χ4n) is 3.62. The second kappa shape index (κ2) is 5.47. The number of hydrogen-bond acceptors (Lipinski definition) is 4. The summed E-state index contributed by atoms with van der Waals surface area (Å²) < 4.78 is 42.8. The summed E-state index contributed by atoms with van der Waals surface area (Å²) in [6.45, 7) is 2.96. The molecule has 1 N–H and O–H groups in total. The molecule has 24 heavy (non-hydrogen) atoms. The molecule has 2 aromatic heterocycles. The Balaban J connectivity index is 1.52. The van der Waals surface area contributed by atoms with Crippen molar-refractivity contribution in [3.05, 3.63) is 29.8 Å². The second-order valence-corrected chi connectivity index (χ2v) is 6.54. The highest BCUT2D eigenvalue weighted by molar-refractivity contribution is 5.95. The van der Waals surface area contributed by atoms with Gasteiger partial charge in [-0.1, -0.05) is 0 Å². The molecule has 4 heterocycles. The first-order valence-electron chi connectivity index (χ1n) is 7.88. The number of furan rings is 1. The molecular formula is C16H16F3N3O2. The van der Waals surface area contributed by atoms with Gasteiger partial charge in [0, 0.05) is 36.8 Å². The van der Waals surface area contributed by atoms with Gasteiger partial charge in [0.1, 0.15) is 11.3 Å². The monoisotopic (exact) mass is 339 g/mol. The van der Waals surface area contributed by atoms with E-state index in [0.717, 1.165) is 38.5 Å². The number of aromatic nitrogens is 1. The van der Waals surface area contributed by atoms with Gasteiger partial charge >= 0.3 is 6.18 Å². The van der Waals surface area contributed by atoms with Crippen LogP contribution >= 0.6 is 0 Å². The molecule has 2 aromatic rings. The molecule has 0 aliphatic carbocycles. The topological polar surface area (TPSA) is 58.4 Å². The average molecular weight is 339 g/mol. The molecule has 0 spiro atoms. The number of hydrogen-bond donors (Lipinski definition) is 1.